The second-order valence-corrected chi connectivity index (χ2v) is 8.02. The first-order chi connectivity index (χ1) is 9.40. The van der Waals surface area contributed by atoms with Gasteiger partial charge in [0, 0.05) is 33.2 Å². The fourth-order valence-corrected chi connectivity index (χ4v) is 4.77. The average Bonchev–Trinajstić information content (AvgIpc) is 2.90. The summed E-state index contributed by atoms with van der Waals surface area (Å²) in [6.07, 6.45) is 5.46. The summed E-state index contributed by atoms with van der Waals surface area (Å²) in [5.41, 5.74) is 0. The van der Waals surface area contributed by atoms with Crippen LogP contribution in [0.1, 0.15) is 38.5 Å². The van der Waals surface area contributed by atoms with Gasteiger partial charge in [-0.1, -0.05) is 12.8 Å². The fourth-order valence-electron chi connectivity index (χ4n) is 3.02. The lowest BCUT2D eigenvalue weighted by atomic mass is 10.1. The summed E-state index contributed by atoms with van der Waals surface area (Å²) in [4.78, 5) is 15.1. The molecule has 2 aliphatic rings. The zero-order chi connectivity index (χ0) is 14.8. The molecule has 2 amide bonds. The van der Waals surface area contributed by atoms with Crippen LogP contribution in [-0.4, -0.2) is 62.7 Å². The van der Waals surface area contributed by atoms with E-state index in [2.05, 4.69) is 4.72 Å². The number of sulfonamides is 1. The zero-order valence-corrected chi connectivity index (χ0v) is 13.2. The van der Waals surface area contributed by atoms with E-state index in [0.29, 0.717) is 19.5 Å². The molecule has 1 aliphatic carbocycles. The Morgan fingerprint density at radius 1 is 1.15 bits per heavy atom. The molecule has 1 atom stereocenters. The van der Waals surface area contributed by atoms with Crippen LogP contribution in [0, 0.1) is 0 Å². The summed E-state index contributed by atoms with van der Waals surface area (Å²) in [6, 6.07) is -0.00862. The van der Waals surface area contributed by atoms with Gasteiger partial charge in [0.1, 0.15) is 0 Å². The Morgan fingerprint density at radius 2 is 1.80 bits per heavy atom. The standard InChI is InChI=1S/C13H25N3O3S/c1-15(2)13(17)16-9-5-8-12(10-16)20(18,19)14-11-6-3-4-7-11/h11-12,14H,3-10H2,1-2H3. The smallest absolute Gasteiger partial charge is 0.319 e. The van der Waals surface area contributed by atoms with Gasteiger partial charge in [-0.25, -0.2) is 17.9 Å². The SMILES string of the molecule is CN(C)C(=O)N1CCCC(S(=O)(=O)NC2CCCC2)C1. The Balaban J connectivity index is 1.98. The normalized spacial score (nSPS) is 24.9. The lowest BCUT2D eigenvalue weighted by Crippen LogP contribution is -2.51. The molecule has 20 heavy (non-hydrogen) atoms. The van der Waals surface area contributed by atoms with Crippen LogP contribution in [-0.2, 0) is 10.0 Å². The summed E-state index contributed by atoms with van der Waals surface area (Å²) in [5.74, 6) is 0. The summed E-state index contributed by atoms with van der Waals surface area (Å²) < 4.78 is 27.7. The Kier molecular flexibility index (Phi) is 4.90. The molecule has 2 rings (SSSR count). The molecular weight excluding hydrogens is 278 g/mol. The maximum Gasteiger partial charge on any atom is 0.319 e. The average molecular weight is 303 g/mol. The van der Waals surface area contributed by atoms with E-state index < -0.39 is 15.3 Å². The van der Waals surface area contributed by atoms with Gasteiger partial charge in [0.2, 0.25) is 10.0 Å². The van der Waals surface area contributed by atoms with E-state index in [1.807, 2.05) is 0 Å². The van der Waals surface area contributed by atoms with Crippen molar-refractivity contribution in [3.05, 3.63) is 0 Å². The van der Waals surface area contributed by atoms with Gasteiger partial charge < -0.3 is 9.80 Å². The third kappa shape index (κ3) is 3.63. The summed E-state index contributed by atoms with van der Waals surface area (Å²) in [7, 11) is 0.0621. The van der Waals surface area contributed by atoms with E-state index in [0.717, 1.165) is 32.1 Å². The van der Waals surface area contributed by atoms with Crippen molar-refractivity contribution in [2.45, 2.75) is 49.8 Å². The predicted octanol–water partition coefficient (Wildman–Crippen LogP) is 0.994. The summed E-state index contributed by atoms with van der Waals surface area (Å²) >= 11 is 0. The highest BCUT2D eigenvalue weighted by atomic mass is 32.2. The number of piperidine rings is 1. The summed E-state index contributed by atoms with van der Waals surface area (Å²) in [5, 5.41) is -0.472. The molecule has 1 saturated carbocycles. The van der Waals surface area contributed by atoms with Crippen LogP contribution in [0.2, 0.25) is 0 Å². The number of amides is 2. The molecule has 2 fully saturated rings. The van der Waals surface area contributed by atoms with E-state index in [-0.39, 0.29) is 12.1 Å². The van der Waals surface area contributed by atoms with Crippen molar-refractivity contribution in [3.8, 4) is 0 Å². The van der Waals surface area contributed by atoms with Gasteiger partial charge >= 0.3 is 6.03 Å². The van der Waals surface area contributed by atoms with Crippen molar-refractivity contribution >= 4 is 16.1 Å². The van der Waals surface area contributed by atoms with Crippen molar-refractivity contribution in [1.29, 1.82) is 0 Å². The number of carbonyl (C=O) groups excluding carboxylic acids is 1. The van der Waals surface area contributed by atoms with E-state index in [9.17, 15) is 13.2 Å². The monoisotopic (exact) mass is 303 g/mol. The van der Waals surface area contributed by atoms with Crippen LogP contribution in [0.15, 0.2) is 0 Å². The van der Waals surface area contributed by atoms with Gasteiger partial charge in [0.05, 0.1) is 5.25 Å². The molecule has 1 aliphatic heterocycles. The Hall–Kier alpha value is -0.820. The van der Waals surface area contributed by atoms with Gasteiger partial charge in [-0.3, -0.25) is 0 Å². The van der Waals surface area contributed by atoms with Crippen molar-refractivity contribution in [2.24, 2.45) is 0 Å². The molecule has 0 aromatic rings. The van der Waals surface area contributed by atoms with Crippen molar-refractivity contribution in [3.63, 3.8) is 0 Å². The number of likely N-dealkylation sites (tertiary alicyclic amines) is 1. The number of hydrogen-bond donors (Lipinski definition) is 1. The number of rotatable bonds is 3. The topological polar surface area (TPSA) is 69.7 Å². The predicted molar refractivity (Wildman–Crippen MR) is 78.0 cm³/mol. The molecule has 0 bridgehead atoms. The first kappa shape index (κ1) is 15.6. The Bertz CT molecular complexity index is 444. The van der Waals surface area contributed by atoms with Gasteiger partial charge in [-0.15, -0.1) is 0 Å². The maximum absolute atomic E-state index is 12.4. The molecule has 7 heteroatoms. The summed E-state index contributed by atoms with van der Waals surface area (Å²) in [6.45, 7) is 0.950. The molecule has 1 heterocycles. The minimum Gasteiger partial charge on any atom is -0.331 e. The number of nitrogens with zero attached hydrogens (tertiary/aromatic N) is 2. The van der Waals surface area contributed by atoms with E-state index in [1.165, 1.54) is 4.90 Å². The maximum atomic E-state index is 12.4. The van der Waals surface area contributed by atoms with Crippen molar-refractivity contribution in [2.75, 3.05) is 27.2 Å². The van der Waals surface area contributed by atoms with Crippen LogP contribution in [0.4, 0.5) is 4.79 Å². The van der Waals surface area contributed by atoms with Gasteiger partial charge in [-0.05, 0) is 25.7 Å². The van der Waals surface area contributed by atoms with Crippen LogP contribution < -0.4 is 4.72 Å². The van der Waals surface area contributed by atoms with E-state index in [1.54, 1.807) is 19.0 Å². The van der Waals surface area contributed by atoms with Crippen LogP contribution in [0.25, 0.3) is 0 Å². The molecule has 0 aromatic carbocycles. The molecule has 1 N–H and O–H groups in total. The third-order valence-corrected chi connectivity index (χ3v) is 6.08. The number of hydrogen-bond acceptors (Lipinski definition) is 3. The number of urea groups is 1. The van der Waals surface area contributed by atoms with Gasteiger partial charge in [0.15, 0.2) is 0 Å². The Morgan fingerprint density at radius 3 is 2.40 bits per heavy atom. The molecule has 1 unspecified atom stereocenters. The highest BCUT2D eigenvalue weighted by Crippen LogP contribution is 2.22. The number of carbonyl (C=O) groups is 1. The first-order valence-electron chi connectivity index (χ1n) is 7.37. The quantitative estimate of drug-likeness (QED) is 0.845. The highest BCUT2D eigenvalue weighted by molar-refractivity contribution is 7.90. The fraction of sp³-hybridized carbons (Fsp3) is 0.923. The minimum atomic E-state index is -3.32. The largest absolute Gasteiger partial charge is 0.331 e. The molecule has 0 aromatic heterocycles. The molecule has 1 saturated heterocycles. The first-order valence-corrected chi connectivity index (χ1v) is 8.92. The van der Waals surface area contributed by atoms with Crippen molar-refractivity contribution in [1.82, 2.24) is 14.5 Å². The second kappa shape index (κ2) is 6.30. The second-order valence-electron chi connectivity index (χ2n) is 6.03. The lowest BCUT2D eigenvalue weighted by Gasteiger charge is -2.34. The Labute approximate surface area is 121 Å². The zero-order valence-electron chi connectivity index (χ0n) is 12.3. The molecule has 116 valence electrons. The van der Waals surface area contributed by atoms with Crippen LogP contribution in [0.5, 0.6) is 0 Å². The van der Waals surface area contributed by atoms with Crippen LogP contribution >= 0.6 is 0 Å². The van der Waals surface area contributed by atoms with Crippen molar-refractivity contribution < 1.29 is 13.2 Å². The van der Waals surface area contributed by atoms with Gasteiger partial charge in [-0.2, -0.15) is 0 Å². The molecule has 0 spiro atoms. The van der Waals surface area contributed by atoms with E-state index in [4.69, 9.17) is 0 Å². The molecule has 6 nitrogen and oxygen atoms in total. The highest BCUT2D eigenvalue weighted by Gasteiger charge is 2.34. The molecular formula is C13H25N3O3S. The third-order valence-electron chi connectivity index (χ3n) is 4.16. The lowest BCUT2D eigenvalue weighted by molar-refractivity contribution is 0.161. The molecule has 0 radical (unpaired) electrons. The van der Waals surface area contributed by atoms with Crippen LogP contribution in [0.3, 0.4) is 0 Å². The number of nitrogens with one attached hydrogen (secondary N) is 1. The van der Waals surface area contributed by atoms with Gasteiger partial charge in [0.25, 0.3) is 0 Å². The van der Waals surface area contributed by atoms with E-state index >= 15 is 0 Å². The minimum absolute atomic E-state index is 0.0972.